The molecule has 1 aliphatic rings. The molecule has 0 saturated heterocycles. The molecule has 0 spiro atoms. The summed E-state index contributed by atoms with van der Waals surface area (Å²) in [4.78, 5) is 26.0. The van der Waals surface area contributed by atoms with E-state index in [-0.39, 0.29) is 6.10 Å². The van der Waals surface area contributed by atoms with Gasteiger partial charge in [0.15, 0.2) is 0 Å². The first-order valence-electron chi connectivity index (χ1n) is 5.76. The zero-order valence-electron chi connectivity index (χ0n) is 9.84. The largest absolute Gasteiger partial charge is 0.473 e. The Balaban J connectivity index is 2.32. The zero-order valence-corrected chi connectivity index (χ0v) is 9.84. The maximum atomic E-state index is 12.0. The molecule has 1 atom stereocenters. The number of hydrogen-bond donors (Lipinski definition) is 1. The maximum Gasteiger partial charge on any atom is 0.331 e. The van der Waals surface area contributed by atoms with Crippen molar-refractivity contribution in [1.82, 2.24) is 9.55 Å². The second kappa shape index (κ2) is 3.87. The average molecular weight is 244 g/mol. The van der Waals surface area contributed by atoms with Crippen LogP contribution >= 0.6 is 0 Å². The first kappa shape index (κ1) is 10.8. The van der Waals surface area contributed by atoms with Crippen LogP contribution in [0.15, 0.2) is 39.9 Å². The molecule has 1 aliphatic heterocycles. The van der Waals surface area contributed by atoms with Gasteiger partial charge in [0.25, 0.3) is 5.56 Å². The van der Waals surface area contributed by atoms with Gasteiger partial charge in [0.2, 0.25) is 5.88 Å². The van der Waals surface area contributed by atoms with E-state index in [1.807, 2.05) is 37.3 Å². The Bertz CT molecular complexity index is 700. The minimum Gasteiger partial charge on any atom is -0.473 e. The highest BCUT2D eigenvalue weighted by molar-refractivity contribution is 5.67. The molecule has 1 N–H and O–H groups in total. The molecule has 92 valence electrons. The van der Waals surface area contributed by atoms with E-state index >= 15 is 0 Å². The van der Waals surface area contributed by atoms with Gasteiger partial charge in [-0.15, -0.1) is 0 Å². The highest BCUT2D eigenvalue weighted by atomic mass is 16.5. The van der Waals surface area contributed by atoms with Crippen LogP contribution in [0.2, 0.25) is 0 Å². The van der Waals surface area contributed by atoms with Crippen LogP contribution in [0.4, 0.5) is 0 Å². The standard InChI is InChI=1S/C13H12N2O3/c1-8-7-15-12(18-8)10(11(16)14-13(15)17)9-5-3-2-4-6-9/h2-6,8H,7H2,1H3,(H,14,16,17)/t8-/m0/s1. The second-order valence-corrected chi connectivity index (χ2v) is 4.34. The number of nitrogens with zero attached hydrogens (tertiary/aromatic N) is 1. The maximum absolute atomic E-state index is 12.0. The molecule has 0 fully saturated rings. The van der Waals surface area contributed by atoms with E-state index in [0.717, 1.165) is 5.56 Å². The van der Waals surface area contributed by atoms with Gasteiger partial charge in [0.1, 0.15) is 11.7 Å². The van der Waals surface area contributed by atoms with Crippen LogP contribution in [0, 0.1) is 0 Å². The van der Waals surface area contributed by atoms with E-state index in [0.29, 0.717) is 18.0 Å². The number of aromatic nitrogens is 2. The number of fused-ring (bicyclic) bond motifs is 1. The molecule has 5 nitrogen and oxygen atoms in total. The third-order valence-electron chi connectivity index (χ3n) is 2.97. The molecular weight excluding hydrogens is 232 g/mol. The van der Waals surface area contributed by atoms with Gasteiger partial charge in [-0.05, 0) is 12.5 Å². The van der Waals surface area contributed by atoms with Crippen molar-refractivity contribution < 1.29 is 4.74 Å². The topological polar surface area (TPSA) is 64.1 Å². The number of rotatable bonds is 1. The zero-order chi connectivity index (χ0) is 12.7. The number of hydrogen-bond acceptors (Lipinski definition) is 3. The summed E-state index contributed by atoms with van der Waals surface area (Å²) in [6.07, 6.45) is -0.102. The van der Waals surface area contributed by atoms with E-state index in [9.17, 15) is 9.59 Å². The normalized spacial score (nSPS) is 17.3. The first-order valence-corrected chi connectivity index (χ1v) is 5.76. The van der Waals surface area contributed by atoms with E-state index in [1.54, 1.807) is 0 Å². The van der Waals surface area contributed by atoms with Crippen molar-refractivity contribution >= 4 is 0 Å². The summed E-state index contributed by atoms with van der Waals surface area (Å²) in [5, 5.41) is 0. The molecule has 2 heterocycles. The molecule has 5 heteroatoms. The van der Waals surface area contributed by atoms with Crippen molar-refractivity contribution in [3.8, 4) is 17.0 Å². The van der Waals surface area contributed by atoms with Crippen LogP contribution < -0.4 is 16.0 Å². The fourth-order valence-corrected chi connectivity index (χ4v) is 2.18. The van der Waals surface area contributed by atoms with Crippen molar-refractivity contribution in [3.05, 3.63) is 51.2 Å². The SMILES string of the molecule is C[C@H]1Cn2c(c(-c3ccccc3)c(=O)[nH]c2=O)O1. The summed E-state index contributed by atoms with van der Waals surface area (Å²) >= 11 is 0. The highest BCUT2D eigenvalue weighted by Crippen LogP contribution is 2.29. The molecule has 1 aromatic carbocycles. The Morgan fingerprint density at radius 1 is 1.28 bits per heavy atom. The summed E-state index contributed by atoms with van der Waals surface area (Å²) in [5.74, 6) is 0.363. The smallest absolute Gasteiger partial charge is 0.331 e. The average Bonchev–Trinajstić information content (AvgIpc) is 2.72. The lowest BCUT2D eigenvalue weighted by molar-refractivity contribution is 0.255. The van der Waals surface area contributed by atoms with Gasteiger partial charge in [0.05, 0.1) is 6.54 Å². The lowest BCUT2D eigenvalue weighted by Gasteiger charge is -2.07. The van der Waals surface area contributed by atoms with Crippen LogP contribution in [0.3, 0.4) is 0 Å². The van der Waals surface area contributed by atoms with Crippen molar-refractivity contribution in [3.63, 3.8) is 0 Å². The molecule has 0 bridgehead atoms. The molecular formula is C13H12N2O3. The molecule has 3 rings (SSSR count). The van der Waals surface area contributed by atoms with Gasteiger partial charge in [-0.25, -0.2) is 4.79 Å². The summed E-state index contributed by atoms with van der Waals surface area (Å²) in [5.41, 5.74) is 0.335. The van der Waals surface area contributed by atoms with Gasteiger partial charge in [-0.3, -0.25) is 14.3 Å². The Labute approximate surface area is 103 Å². The minimum atomic E-state index is -0.418. The van der Waals surface area contributed by atoms with E-state index in [4.69, 9.17) is 4.74 Å². The number of aromatic amines is 1. The van der Waals surface area contributed by atoms with Crippen molar-refractivity contribution in [2.45, 2.75) is 19.6 Å². The van der Waals surface area contributed by atoms with Gasteiger partial charge in [-0.2, -0.15) is 0 Å². The van der Waals surface area contributed by atoms with Crippen LogP contribution in [0.1, 0.15) is 6.92 Å². The van der Waals surface area contributed by atoms with Crippen LogP contribution in [0.25, 0.3) is 11.1 Å². The molecule has 0 aliphatic carbocycles. The number of ether oxygens (including phenoxy) is 1. The third-order valence-corrected chi connectivity index (χ3v) is 2.97. The third kappa shape index (κ3) is 1.55. The van der Waals surface area contributed by atoms with Gasteiger partial charge in [-0.1, -0.05) is 30.3 Å². The van der Waals surface area contributed by atoms with Crippen LogP contribution in [-0.2, 0) is 6.54 Å². The quantitative estimate of drug-likeness (QED) is 0.813. The number of benzene rings is 1. The Morgan fingerprint density at radius 2 is 2.00 bits per heavy atom. The van der Waals surface area contributed by atoms with Crippen molar-refractivity contribution in [1.29, 1.82) is 0 Å². The fraction of sp³-hybridized carbons (Fsp3) is 0.231. The fourth-order valence-electron chi connectivity index (χ4n) is 2.18. The van der Waals surface area contributed by atoms with Gasteiger partial charge in [0, 0.05) is 0 Å². The molecule has 0 radical (unpaired) electrons. The number of nitrogens with one attached hydrogen (secondary N) is 1. The molecule has 1 aromatic heterocycles. The van der Waals surface area contributed by atoms with Crippen LogP contribution in [0.5, 0.6) is 5.88 Å². The predicted octanol–water partition coefficient (Wildman–Crippen LogP) is 0.984. The second-order valence-electron chi connectivity index (χ2n) is 4.34. The summed E-state index contributed by atoms with van der Waals surface area (Å²) in [6, 6.07) is 9.20. The molecule has 0 saturated carbocycles. The first-order chi connectivity index (χ1) is 8.66. The Kier molecular flexibility index (Phi) is 2.33. The molecule has 18 heavy (non-hydrogen) atoms. The van der Waals surface area contributed by atoms with Gasteiger partial charge < -0.3 is 4.74 Å². The highest BCUT2D eigenvalue weighted by Gasteiger charge is 2.26. The molecule has 0 amide bonds. The van der Waals surface area contributed by atoms with Gasteiger partial charge >= 0.3 is 5.69 Å². The summed E-state index contributed by atoms with van der Waals surface area (Å²) in [6.45, 7) is 2.33. The summed E-state index contributed by atoms with van der Waals surface area (Å²) < 4.78 is 7.06. The minimum absolute atomic E-state index is 0.102. The van der Waals surface area contributed by atoms with Crippen molar-refractivity contribution in [2.24, 2.45) is 0 Å². The number of H-pyrrole nitrogens is 1. The Hall–Kier alpha value is -2.30. The summed E-state index contributed by atoms with van der Waals surface area (Å²) in [7, 11) is 0. The van der Waals surface area contributed by atoms with E-state index in [2.05, 4.69) is 4.98 Å². The molecule has 2 aromatic rings. The van der Waals surface area contributed by atoms with E-state index < -0.39 is 11.2 Å². The predicted molar refractivity (Wildman–Crippen MR) is 66.8 cm³/mol. The lowest BCUT2D eigenvalue weighted by Crippen LogP contribution is -2.29. The Morgan fingerprint density at radius 3 is 2.72 bits per heavy atom. The van der Waals surface area contributed by atoms with Crippen LogP contribution in [-0.4, -0.2) is 15.7 Å². The lowest BCUT2D eigenvalue weighted by atomic mass is 10.1. The molecule has 0 unspecified atom stereocenters. The van der Waals surface area contributed by atoms with E-state index in [1.165, 1.54) is 4.57 Å². The van der Waals surface area contributed by atoms with Crippen molar-refractivity contribution in [2.75, 3.05) is 0 Å². The monoisotopic (exact) mass is 244 g/mol.